The van der Waals surface area contributed by atoms with Gasteiger partial charge in [-0.25, -0.2) is 9.59 Å². The zero-order valence-corrected chi connectivity index (χ0v) is 16.6. The normalized spacial score (nSPS) is 10.2. The highest BCUT2D eigenvalue weighted by Crippen LogP contribution is 2.23. The quantitative estimate of drug-likeness (QED) is 0.232. The molecule has 0 aliphatic carbocycles. The second-order valence-corrected chi connectivity index (χ2v) is 6.56. The highest BCUT2D eigenvalue weighted by Gasteiger charge is 2.12. The predicted octanol–water partition coefficient (Wildman–Crippen LogP) is 4.24. The third-order valence-corrected chi connectivity index (χ3v) is 4.25. The van der Waals surface area contributed by atoms with Crippen molar-refractivity contribution in [1.82, 2.24) is 0 Å². The smallest absolute Gasteiger partial charge is 0.349 e. The molecule has 0 unspecified atom stereocenters. The Morgan fingerprint density at radius 2 is 1.68 bits per heavy atom. The van der Waals surface area contributed by atoms with Gasteiger partial charge in [-0.3, -0.25) is 10.1 Å². The van der Waals surface area contributed by atoms with Crippen molar-refractivity contribution in [2.45, 2.75) is 13.5 Å². The molecule has 8 heteroatoms. The van der Waals surface area contributed by atoms with Crippen LogP contribution < -0.4 is 9.47 Å². The van der Waals surface area contributed by atoms with Crippen LogP contribution in [0.5, 0.6) is 11.5 Å². The standard InChI is InChI=1S/C23H19NO7/c1-16-13-19(24(27)28)9-12-21(16)29-15-22(25)31-20-10-7-18(8-11-20)23(26)30-14-17-5-3-2-4-6-17/h2-13H,14-15H2,1H3. The largest absolute Gasteiger partial charge is 0.482 e. The molecule has 0 N–H and O–H groups in total. The first kappa shape index (κ1) is 21.5. The summed E-state index contributed by atoms with van der Waals surface area (Å²) in [5.74, 6) is -0.552. The van der Waals surface area contributed by atoms with Gasteiger partial charge in [-0.1, -0.05) is 30.3 Å². The van der Waals surface area contributed by atoms with Gasteiger partial charge in [0.1, 0.15) is 18.1 Å². The minimum absolute atomic E-state index is 0.0604. The lowest BCUT2D eigenvalue weighted by Crippen LogP contribution is -2.18. The van der Waals surface area contributed by atoms with Crippen molar-refractivity contribution in [2.75, 3.05) is 6.61 Å². The molecule has 0 fully saturated rings. The van der Waals surface area contributed by atoms with E-state index in [1.165, 1.54) is 42.5 Å². The summed E-state index contributed by atoms with van der Waals surface area (Å²) >= 11 is 0. The van der Waals surface area contributed by atoms with Crippen LogP contribution in [0.2, 0.25) is 0 Å². The van der Waals surface area contributed by atoms with Crippen molar-refractivity contribution >= 4 is 17.6 Å². The third kappa shape index (κ3) is 6.14. The monoisotopic (exact) mass is 421 g/mol. The molecule has 0 saturated carbocycles. The summed E-state index contributed by atoms with van der Waals surface area (Å²) in [7, 11) is 0. The highest BCUT2D eigenvalue weighted by molar-refractivity contribution is 5.89. The average Bonchev–Trinajstić information content (AvgIpc) is 2.77. The lowest BCUT2D eigenvalue weighted by molar-refractivity contribution is -0.384. The molecule has 0 aliphatic rings. The summed E-state index contributed by atoms with van der Waals surface area (Å²) in [4.78, 5) is 34.4. The maximum absolute atomic E-state index is 12.1. The van der Waals surface area contributed by atoms with Crippen molar-refractivity contribution < 1.29 is 28.7 Å². The number of non-ortho nitro benzene ring substituents is 1. The molecule has 31 heavy (non-hydrogen) atoms. The van der Waals surface area contributed by atoms with Crippen molar-refractivity contribution in [3.05, 3.63) is 99.6 Å². The number of hydrogen-bond acceptors (Lipinski definition) is 7. The Morgan fingerprint density at radius 1 is 0.968 bits per heavy atom. The first-order valence-electron chi connectivity index (χ1n) is 9.32. The van der Waals surface area contributed by atoms with E-state index in [1.54, 1.807) is 6.92 Å². The second-order valence-electron chi connectivity index (χ2n) is 6.56. The van der Waals surface area contributed by atoms with Crippen molar-refractivity contribution in [1.29, 1.82) is 0 Å². The van der Waals surface area contributed by atoms with Gasteiger partial charge in [-0.15, -0.1) is 0 Å². The number of aryl methyl sites for hydroxylation is 1. The first-order valence-corrected chi connectivity index (χ1v) is 9.32. The van der Waals surface area contributed by atoms with E-state index in [-0.39, 0.29) is 24.7 Å². The molecular formula is C23H19NO7. The van der Waals surface area contributed by atoms with Crippen LogP contribution in [0.3, 0.4) is 0 Å². The molecule has 3 rings (SSSR count). The van der Waals surface area contributed by atoms with Crippen LogP contribution in [0.25, 0.3) is 0 Å². The molecule has 0 amide bonds. The van der Waals surface area contributed by atoms with Crippen LogP contribution in [-0.2, 0) is 16.1 Å². The van der Waals surface area contributed by atoms with E-state index >= 15 is 0 Å². The Kier molecular flexibility index (Phi) is 6.95. The van der Waals surface area contributed by atoms with Crippen LogP contribution in [0, 0.1) is 17.0 Å². The van der Waals surface area contributed by atoms with E-state index in [9.17, 15) is 19.7 Å². The number of nitrogens with zero attached hydrogens (tertiary/aromatic N) is 1. The molecule has 158 valence electrons. The molecule has 8 nitrogen and oxygen atoms in total. The zero-order valence-electron chi connectivity index (χ0n) is 16.6. The Balaban J connectivity index is 1.49. The van der Waals surface area contributed by atoms with E-state index in [4.69, 9.17) is 14.2 Å². The van der Waals surface area contributed by atoms with Crippen molar-refractivity contribution in [3.8, 4) is 11.5 Å². The Labute approximate surface area is 178 Å². The molecule has 0 aliphatic heterocycles. The van der Waals surface area contributed by atoms with E-state index < -0.39 is 16.9 Å². The van der Waals surface area contributed by atoms with Crippen LogP contribution in [0.15, 0.2) is 72.8 Å². The van der Waals surface area contributed by atoms with E-state index in [0.29, 0.717) is 16.9 Å². The van der Waals surface area contributed by atoms with Gasteiger partial charge in [0.25, 0.3) is 5.69 Å². The van der Waals surface area contributed by atoms with Gasteiger partial charge in [0.05, 0.1) is 10.5 Å². The number of carbonyl (C=O) groups is 2. The Morgan fingerprint density at radius 3 is 2.32 bits per heavy atom. The molecular weight excluding hydrogens is 402 g/mol. The van der Waals surface area contributed by atoms with Gasteiger partial charge in [0, 0.05) is 12.1 Å². The summed E-state index contributed by atoms with van der Waals surface area (Å²) < 4.78 is 15.8. The summed E-state index contributed by atoms with van der Waals surface area (Å²) in [5, 5.41) is 10.8. The molecule has 0 heterocycles. The maximum Gasteiger partial charge on any atom is 0.349 e. The summed E-state index contributed by atoms with van der Waals surface area (Å²) in [6.45, 7) is 1.43. The van der Waals surface area contributed by atoms with Crippen molar-refractivity contribution in [3.63, 3.8) is 0 Å². The fourth-order valence-corrected chi connectivity index (χ4v) is 2.67. The van der Waals surface area contributed by atoms with Crippen LogP contribution in [-0.4, -0.2) is 23.5 Å². The van der Waals surface area contributed by atoms with Gasteiger partial charge in [-0.2, -0.15) is 0 Å². The molecule has 0 saturated heterocycles. The lowest BCUT2D eigenvalue weighted by atomic mass is 10.2. The molecule has 0 radical (unpaired) electrons. The molecule has 3 aromatic rings. The molecule has 3 aromatic carbocycles. The predicted molar refractivity (Wildman–Crippen MR) is 111 cm³/mol. The molecule has 0 atom stereocenters. The van der Waals surface area contributed by atoms with Crippen LogP contribution in [0.4, 0.5) is 5.69 Å². The van der Waals surface area contributed by atoms with Gasteiger partial charge >= 0.3 is 11.9 Å². The fourth-order valence-electron chi connectivity index (χ4n) is 2.67. The van der Waals surface area contributed by atoms with Crippen molar-refractivity contribution in [2.24, 2.45) is 0 Å². The summed E-state index contributed by atoms with van der Waals surface area (Å²) in [6, 6.07) is 19.3. The zero-order chi connectivity index (χ0) is 22.2. The number of benzene rings is 3. The number of nitro groups is 1. The molecule has 0 bridgehead atoms. The fraction of sp³-hybridized carbons (Fsp3) is 0.130. The SMILES string of the molecule is Cc1cc([N+](=O)[O-])ccc1OCC(=O)Oc1ccc(C(=O)OCc2ccccc2)cc1. The second kappa shape index (κ2) is 10.0. The third-order valence-electron chi connectivity index (χ3n) is 4.25. The summed E-state index contributed by atoms with van der Waals surface area (Å²) in [6.07, 6.45) is 0. The topological polar surface area (TPSA) is 105 Å². The number of carbonyl (C=O) groups excluding carboxylic acids is 2. The van der Waals surface area contributed by atoms with E-state index in [2.05, 4.69) is 0 Å². The minimum atomic E-state index is -0.655. The Hall–Kier alpha value is -4.20. The van der Waals surface area contributed by atoms with Crippen LogP contribution in [0.1, 0.15) is 21.5 Å². The maximum atomic E-state index is 12.1. The first-order chi connectivity index (χ1) is 14.9. The number of rotatable bonds is 8. The number of ether oxygens (including phenoxy) is 3. The lowest BCUT2D eigenvalue weighted by Gasteiger charge is -2.09. The average molecular weight is 421 g/mol. The van der Waals surface area contributed by atoms with Gasteiger partial charge in [0.2, 0.25) is 0 Å². The number of hydrogen-bond donors (Lipinski definition) is 0. The van der Waals surface area contributed by atoms with E-state index in [1.807, 2.05) is 30.3 Å². The highest BCUT2D eigenvalue weighted by atomic mass is 16.6. The van der Waals surface area contributed by atoms with E-state index in [0.717, 1.165) is 5.56 Å². The number of esters is 2. The van der Waals surface area contributed by atoms with Crippen LogP contribution >= 0.6 is 0 Å². The van der Waals surface area contributed by atoms with Gasteiger partial charge in [-0.05, 0) is 48.4 Å². The molecule has 0 spiro atoms. The van der Waals surface area contributed by atoms with Gasteiger partial charge < -0.3 is 14.2 Å². The van der Waals surface area contributed by atoms with Gasteiger partial charge in [0.15, 0.2) is 6.61 Å². The Bertz CT molecular complexity index is 1080. The number of nitro benzene ring substituents is 1. The minimum Gasteiger partial charge on any atom is -0.482 e. The molecule has 0 aromatic heterocycles. The summed E-state index contributed by atoms with van der Waals surface area (Å²) in [5.41, 5.74) is 1.67.